The van der Waals surface area contributed by atoms with Gasteiger partial charge in [-0.2, -0.15) is 0 Å². The summed E-state index contributed by atoms with van der Waals surface area (Å²) in [6.45, 7) is 8.04. The first-order valence-electron chi connectivity index (χ1n) is 8.53. The van der Waals surface area contributed by atoms with Gasteiger partial charge in [-0.25, -0.2) is 8.42 Å². The molecule has 146 valence electrons. The maximum absolute atomic E-state index is 12.5. The Morgan fingerprint density at radius 2 is 1.92 bits per heavy atom. The monoisotopic (exact) mass is 402 g/mol. The van der Waals surface area contributed by atoms with Gasteiger partial charge in [-0.05, 0) is 31.0 Å². The molecule has 0 bridgehead atoms. The number of amidine groups is 1. The SMILES string of the molecule is CCNCCNC(=O)C(CC(C)C)N=C1NS(=O)(=O)c2ccccc21.Cl. The summed E-state index contributed by atoms with van der Waals surface area (Å²) in [5, 5.41) is 5.99. The molecule has 1 aromatic carbocycles. The van der Waals surface area contributed by atoms with Gasteiger partial charge >= 0.3 is 0 Å². The van der Waals surface area contributed by atoms with Crippen molar-refractivity contribution < 1.29 is 13.2 Å². The number of aliphatic imine (C=N–C) groups is 1. The number of nitrogens with zero attached hydrogens (tertiary/aromatic N) is 1. The van der Waals surface area contributed by atoms with E-state index in [0.29, 0.717) is 25.1 Å². The highest BCUT2D eigenvalue weighted by Gasteiger charge is 2.31. The molecule has 3 N–H and O–H groups in total. The van der Waals surface area contributed by atoms with Gasteiger partial charge in [-0.3, -0.25) is 14.5 Å². The number of carbonyl (C=O) groups excluding carboxylic acids is 1. The first-order chi connectivity index (χ1) is 11.8. The Bertz CT molecular complexity index is 750. The Hall–Kier alpha value is -1.64. The second-order valence-corrected chi connectivity index (χ2v) is 8.02. The van der Waals surface area contributed by atoms with E-state index in [9.17, 15) is 13.2 Å². The summed E-state index contributed by atoms with van der Waals surface area (Å²) < 4.78 is 26.8. The standard InChI is InChI=1S/C17H26N4O3S.ClH/c1-4-18-9-10-19-17(22)14(11-12(2)3)20-16-13-7-5-6-8-15(13)25(23,24)21-16;/h5-8,12,14,18H,4,9-11H2,1-3H3,(H,19,22)(H,20,21);1H. The molecule has 0 radical (unpaired) electrons. The van der Waals surface area contributed by atoms with Crippen molar-refractivity contribution >= 4 is 34.2 Å². The third-order valence-corrected chi connectivity index (χ3v) is 5.19. The van der Waals surface area contributed by atoms with E-state index in [-0.39, 0.29) is 35.0 Å². The van der Waals surface area contributed by atoms with Gasteiger partial charge in [-0.15, -0.1) is 12.4 Å². The van der Waals surface area contributed by atoms with Crippen molar-refractivity contribution in [2.24, 2.45) is 10.9 Å². The second-order valence-electron chi connectivity index (χ2n) is 6.37. The number of fused-ring (bicyclic) bond motifs is 1. The molecule has 2 rings (SSSR count). The summed E-state index contributed by atoms with van der Waals surface area (Å²) >= 11 is 0. The summed E-state index contributed by atoms with van der Waals surface area (Å²) in [6.07, 6.45) is 0.542. The third kappa shape index (κ3) is 5.69. The molecule has 0 saturated heterocycles. The molecule has 0 aromatic heterocycles. The van der Waals surface area contributed by atoms with Crippen LogP contribution in [0.15, 0.2) is 34.2 Å². The molecule has 9 heteroatoms. The Balaban J connectivity index is 0.00000338. The summed E-state index contributed by atoms with van der Waals surface area (Å²) in [5.41, 5.74) is 0.511. The van der Waals surface area contributed by atoms with E-state index in [2.05, 4.69) is 20.3 Å². The topological polar surface area (TPSA) is 99.7 Å². The number of rotatable bonds is 8. The fourth-order valence-electron chi connectivity index (χ4n) is 2.62. The van der Waals surface area contributed by atoms with Crippen LogP contribution >= 0.6 is 12.4 Å². The molecule has 1 amide bonds. The van der Waals surface area contributed by atoms with E-state index < -0.39 is 16.1 Å². The summed E-state index contributed by atoms with van der Waals surface area (Å²) in [4.78, 5) is 17.1. The lowest BCUT2D eigenvalue weighted by molar-refractivity contribution is -0.122. The molecule has 0 aliphatic carbocycles. The number of carbonyl (C=O) groups is 1. The number of nitrogens with one attached hydrogen (secondary N) is 3. The molecule has 26 heavy (non-hydrogen) atoms. The molecule has 1 aliphatic heterocycles. The predicted octanol–water partition coefficient (Wildman–Crippen LogP) is 1.29. The van der Waals surface area contributed by atoms with Crippen LogP contribution in [0.2, 0.25) is 0 Å². The van der Waals surface area contributed by atoms with Crippen LogP contribution in [0.25, 0.3) is 0 Å². The fraction of sp³-hybridized carbons (Fsp3) is 0.529. The summed E-state index contributed by atoms with van der Waals surface area (Å²) in [6, 6.07) is 6.02. The van der Waals surface area contributed by atoms with Gasteiger partial charge in [-0.1, -0.05) is 32.9 Å². The Morgan fingerprint density at radius 1 is 1.23 bits per heavy atom. The highest BCUT2D eigenvalue weighted by molar-refractivity contribution is 7.90. The molecule has 1 aromatic rings. The quantitative estimate of drug-likeness (QED) is 0.570. The molecule has 7 nitrogen and oxygen atoms in total. The van der Waals surface area contributed by atoms with Crippen molar-refractivity contribution in [2.75, 3.05) is 19.6 Å². The number of amides is 1. The van der Waals surface area contributed by atoms with Crippen LogP contribution in [-0.4, -0.2) is 45.8 Å². The molecular formula is C17H27ClN4O3S. The van der Waals surface area contributed by atoms with Gasteiger partial charge in [0.2, 0.25) is 5.91 Å². The second kappa shape index (κ2) is 9.89. The number of halogens is 1. The van der Waals surface area contributed by atoms with E-state index in [1.54, 1.807) is 18.2 Å². The molecular weight excluding hydrogens is 376 g/mol. The predicted molar refractivity (Wildman–Crippen MR) is 105 cm³/mol. The molecule has 0 spiro atoms. The Morgan fingerprint density at radius 3 is 2.58 bits per heavy atom. The van der Waals surface area contributed by atoms with Crippen molar-refractivity contribution in [1.82, 2.24) is 15.4 Å². The van der Waals surface area contributed by atoms with E-state index in [0.717, 1.165) is 6.54 Å². The van der Waals surface area contributed by atoms with Crippen molar-refractivity contribution in [1.29, 1.82) is 0 Å². The van der Waals surface area contributed by atoms with E-state index in [1.807, 2.05) is 20.8 Å². The Kier molecular flexibility index (Phi) is 8.52. The Labute approximate surface area is 161 Å². The average Bonchev–Trinajstić information content (AvgIpc) is 2.81. The lowest BCUT2D eigenvalue weighted by atomic mass is 10.0. The molecule has 0 saturated carbocycles. The summed E-state index contributed by atoms with van der Waals surface area (Å²) in [5.74, 6) is 0.299. The van der Waals surface area contributed by atoms with Crippen LogP contribution in [0.3, 0.4) is 0 Å². The molecule has 1 heterocycles. The maximum atomic E-state index is 12.5. The maximum Gasteiger partial charge on any atom is 0.263 e. The zero-order chi connectivity index (χ0) is 18.4. The number of hydrogen-bond acceptors (Lipinski definition) is 5. The third-order valence-electron chi connectivity index (χ3n) is 3.80. The molecule has 1 aliphatic rings. The smallest absolute Gasteiger partial charge is 0.263 e. The van der Waals surface area contributed by atoms with Crippen LogP contribution < -0.4 is 15.4 Å². The van der Waals surface area contributed by atoms with Gasteiger partial charge in [0.15, 0.2) is 0 Å². The molecule has 1 atom stereocenters. The average molecular weight is 403 g/mol. The van der Waals surface area contributed by atoms with Crippen molar-refractivity contribution in [2.45, 2.75) is 38.1 Å². The van der Waals surface area contributed by atoms with Gasteiger partial charge in [0.25, 0.3) is 10.0 Å². The first kappa shape index (κ1) is 22.4. The van der Waals surface area contributed by atoms with Crippen LogP contribution in [0, 0.1) is 5.92 Å². The van der Waals surface area contributed by atoms with Crippen molar-refractivity contribution in [3.63, 3.8) is 0 Å². The van der Waals surface area contributed by atoms with Gasteiger partial charge < -0.3 is 10.6 Å². The number of sulfonamides is 1. The zero-order valence-electron chi connectivity index (χ0n) is 15.3. The van der Waals surface area contributed by atoms with Gasteiger partial charge in [0.05, 0.1) is 4.90 Å². The number of likely N-dealkylation sites (N-methyl/N-ethyl adjacent to an activating group) is 1. The van der Waals surface area contributed by atoms with Crippen LogP contribution in [0.4, 0.5) is 0 Å². The number of hydrogen-bond donors (Lipinski definition) is 3. The first-order valence-corrected chi connectivity index (χ1v) is 10.0. The molecule has 1 unspecified atom stereocenters. The van der Waals surface area contributed by atoms with E-state index >= 15 is 0 Å². The fourth-order valence-corrected chi connectivity index (χ4v) is 3.86. The van der Waals surface area contributed by atoms with Crippen molar-refractivity contribution in [3.8, 4) is 0 Å². The van der Waals surface area contributed by atoms with Crippen LogP contribution in [-0.2, 0) is 14.8 Å². The van der Waals surface area contributed by atoms with E-state index in [1.165, 1.54) is 6.07 Å². The lowest BCUT2D eigenvalue weighted by Crippen LogP contribution is -2.39. The normalized spacial score (nSPS) is 17.3. The molecule has 0 fully saturated rings. The zero-order valence-corrected chi connectivity index (χ0v) is 16.9. The minimum atomic E-state index is -3.60. The highest BCUT2D eigenvalue weighted by atomic mass is 35.5. The van der Waals surface area contributed by atoms with Crippen LogP contribution in [0.1, 0.15) is 32.8 Å². The van der Waals surface area contributed by atoms with E-state index in [4.69, 9.17) is 0 Å². The van der Waals surface area contributed by atoms with Crippen molar-refractivity contribution in [3.05, 3.63) is 29.8 Å². The highest BCUT2D eigenvalue weighted by Crippen LogP contribution is 2.23. The van der Waals surface area contributed by atoms with Crippen LogP contribution in [0.5, 0.6) is 0 Å². The minimum absolute atomic E-state index is 0. The van der Waals surface area contributed by atoms with Gasteiger partial charge in [0.1, 0.15) is 11.9 Å². The largest absolute Gasteiger partial charge is 0.353 e. The minimum Gasteiger partial charge on any atom is -0.353 e. The lowest BCUT2D eigenvalue weighted by Gasteiger charge is -2.16. The number of benzene rings is 1. The summed E-state index contributed by atoms with van der Waals surface area (Å²) in [7, 11) is -3.60. The van der Waals surface area contributed by atoms with Gasteiger partial charge in [0, 0.05) is 18.7 Å².